The van der Waals surface area contributed by atoms with Gasteiger partial charge in [-0.1, -0.05) is 39.3 Å². The Hall–Kier alpha value is -2.13. The van der Waals surface area contributed by atoms with E-state index in [0.29, 0.717) is 10.2 Å². The lowest BCUT2D eigenvalue weighted by Crippen LogP contribution is -2.23. The van der Waals surface area contributed by atoms with E-state index in [1.807, 2.05) is 37.3 Å². The van der Waals surface area contributed by atoms with Crippen molar-refractivity contribution in [3.63, 3.8) is 0 Å². The molecular weight excluding hydrogens is 554 g/mol. The molecule has 0 saturated carbocycles. The molecule has 0 saturated heterocycles. The molecule has 9 heteroatoms. The molecular formula is C25H21BrClN3O2S2. The fourth-order valence-corrected chi connectivity index (χ4v) is 6.79. The van der Waals surface area contributed by atoms with Gasteiger partial charge < -0.3 is 5.32 Å². The molecule has 5 rings (SSSR count). The monoisotopic (exact) mass is 573 g/mol. The Morgan fingerprint density at radius 1 is 1.21 bits per heavy atom. The topological polar surface area (TPSA) is 64.0 Å². The molecule has 0 unspecified atom stereocenters. The smallest absolute Gasteiger partial charge is 0.267 e. The van der Waals surface area contributed by atoms with Crippen LogP contribution in [-0.2, 0) is 17.6 Å². The number of fused-ring (bicyclic) bond motifs is 3. The summed E-state index contributed by atoms with van der Waals surface area (Å²) in [7, 11) is 0. The van der Waals surface area contributed by atoms with Gasteiger partial charge in [0, 0.05) is 20.1 Å². The van der Waals surface area contributed by atoms with E-state index in [0.717, 1.165) is 62.9 Å². The minimum absolute atomic E-state index is 0.0665. The van der Waals surface area contributed by atoms with Crippen molar-refractivity contribution in [1.82, 2.24) is 9.55 Å². The lowest BCUT2D eigenvalue weighted by atomic mass is 9.97. The summed E-state index contributed by atoms with van der Waals surface area (Å²) in [4.78, 5) is 33.4. The zero-order valence-electron chi connectivity index (χ0n) is 18.4. The van der Waals surface area contributed by atoms with Crippen LogP contribution in [0.15, 0.2) is 56.9 Å². The van der Waals surface area contributed by atoms with Crippen molar-refractivity contribution in [2.75, 3.05) is 11.1 Å². The molecule has 1 N–H and O–H groups in total. The van der Waals surface area contributed by atoms with Crippen LogP contribution in [0.25, 0.3) is 15.9 Å². The highest BCUT2D eigenvalue weighted by Gasteiger charge is 2.23. The van der Waals surface area contributed by atoms with Gasteiger partial charge in [-0.3, -0.25) is 14.2 Å². The number of halogens is 2. The summed E-state index contributed by atoms with van der Waals surface area (Å²) in [6.45, 7) is 1.90. The summed E-state index contributed by atoms with van der Waals surface area (Å²) < 4.78 is 2.57. The molecule has 1 aliphatic carbocycles. The van der Waals surface area contributed by atoms with Gasteiger partial charge in [0.1, 0.15) is 4.83 Å². The second-order valence-electron chi connectivity index (χ2n) is 8.20. The Balaban J connectivity index is 1.51. The van der Waals surface area contributed by atoms with Crippen LogP contribution in [0.1, 0.15) is 28.8 Å². The number of hydrogen-bond donors (Lipinski definition) is 1. The Morgan fingerprint density at radius 2 is 1.97 bits per heavy atom. The predicted octanol–water partition coefficient (Wildman–Crippen LogP) is 6.78. The van der Waals surface area contributed by atoms with E-state index in [4.69, 9.17) is 16.6 Å². The van der Waals surface area contributed by atoms with Crippen molar-refractivity contribution in [2.24, 2.45) is 0 Å². The standard InChI is InChI=1S/C25H21BrClN3O2S2/c1-14-12-16(27)8-11-19(14)28-21(31)13-33-25-29-23-22(18-4-2-3-5-20(18)34-23)24(32)30(25)17-9-6-15(26)7-10-17/h6-12H,2-5,13H2,1H3,(H,28,31). The van der Waals surface area contributed by atoms with Crippen molar-refractivity contribution < 1.29 is 4.79 Å². The Kier molecular flexibility index (Phi) is 6.84. The first kappa shape index (κ1) is 23.6. The molecule has 1 aliphatic rings. The van der Waals surface area contributed by atoms with E-state index in [1.54, 1.807) is 28.0 Å². The number of carbonyl (C=O) groups excluding carboxylic acids is 1. The summed E-state index contributed by atoms with van der Waals surface area (Å²) in [5, 5.41) is 4.80. The van der Waals surface area contributed by atoms with Crippen LogP contribution in [0.5, 0.6) is 0 Å². The number of nitrogens with zero attached hydrogens (tertiary/aromatic N) is 2. The van der Waals surface area contributed by atoms with E-state index in [9.17, 15) is 9.59 Å². The normalized spacial score (nSPS) is 13.1. The Morgan fingerprint density at radius 3 is 2.74 bits per heavy atom. The van der Waals surface area contributed by atoms with Crippen molar-refractivity contribution in [1.29, 1.82) is 0 Å². The average Bonchev–Trinajstić information content (AvgIpc) is 3.19. The first-order valence-electron chi connectivity index (χ1n) is 10.9. The van der Waals surface area contributed by atoms with Crippen LogP contribution in [0, 0.1) is 6.92 Å². The van der Waals surface area contributed by atoms with Crippen LogP contribution in [0.2, 0.25) is 5.02 Å². The largest absolute Gasteiger partial charge is 0.325 e. The molecule has 174 valence electrons. The lowest BCUT2D eigenvalue weighted by molar-refractivity contribution is -0.113. The van der Waals surface area contributed by atoms with Gasteiger partial charge in [0.25, 0.3) is 5.56 Å². The van der Waals surface area contributed by atoms with Gasteiger partial charge in [-0.25, -0.2) is 4.98 Å². The molecule has 0 aliphatic heterocycles. The van der Waals surface area contributed by atoms with E-state index in [1.165, 1.54) is 16.6 Å². The summed E-state index contributed by atoms with van der Waals surface area (Å²) in [5.41, 5.74) is 3.43. The molecule has 5 nitrogen and oxygen atoms in total. The van der Waals surface area contributed by atoms with Gasteiger partial charge in [0.05, 0.1) is 16.8 Å². The maximum Gasteiger partial charge on any atom is 0.267 e. The maximum atomic E-state index is 13.8. The quantitative estimate of drug-likeness (QED) is 0.211. The van der Waals surface area contributed by atoms with Crippen molar-refractivity contribution in [3.05, 3.63) is 78.3 Å². The molecule has 2 heterocycles. The molecule has 0 radical (unpaired) electrons. The minimum atomic E-state index is -0.169. The molecule has 1 amide bonds. The van der Waals surface area contributed by atoms with E-state index in [-0.39, 0.29) is 17.2 Å². The summed E-state index contributed by atoms with van der Waals surface area (Å²) in [6, 6.07) is 12.9. The van der Waals surface area contributed by atoms with E-state index < -0.39 is 0 Å². The number of anilines is 1. The molecule has 2 aromatic heterocycles. The van der Waals surface area contributed by atoms with Gasteiger partial charge in [-0.15, -0.1) is 11.3 Å². The third-order valence-electron chi connectivity index (χ3n) is 5.84. The second-order valence-corrected chi connectivity index (χ2v) is 11.6. The second kappa shape index (κ2) is 9.85. The number of amides is 1. The number of carbonyl (C=O) groups is 1. The third-order valence-corrected chi connectivity index (χ3v) is 8.73. The SMILES string of the molecule is Cc1cc(Cl)ccc1NC(=O)CSc1nc2sc3c(c2c(=O)n1-c1ccc(Br)cc1)CCCC3. The molecule has 0 spiro atoms. The highest BCUT2D eigenvalue weighted by atomic mass is 79.9. The van der Waals surface area contributed by atoms with Gasteiger partial charge in [0.2, 0.25) is 5.91 Å². The fourth-order valence-electron chi connectivity index (χ4n) is 4.18. The Labute approximate surface area is 218 Å². The van der Waals surface area contributed by atoms with Gasteiger partial charge in [-0.05, 0) is 86.2 Å². The summed E-state index contributed by atoms with van der Waals surface area (Å²) in [5.74, 6) is -0.0423. The minimum Gasteiger partial charge on any atom is -0.325 e. The number of nitrogens with one attached hydrogen (secondary N) is 1. The number of thiophene rings is 1. The van der Waals surface area contributed by atoms with E-state index >= 15 is 0 Å². The summed E-state index contributed by atoms with van der Waals surface area (Å²) >= 11 is 12.4. The molecule has 0 fully saturated rings. The molecule has 34 heavy (non-hydrogen) atoms. The molecule has 0 atom stereocenters. The fraction of sp³-hybridized carbons (Fsp3) is 0.240. The van der Waals surface area contributed by atoms with Crippen LogP contribution < -0.4 is 10.9 Å². The molecule has 0 bridgehead atoms. The maximum absolute atomic E-state index is 13.8. The number of hydrogen-bond acceptors (Lipinski definition) is 5. The van der Waals surface area contributed by atoms with Gasteiger partial charge >= 0.3 is 0 Å². The summed E-state index contributed by atoms with van der Waals surface area (Å²) in [6.07, 6.45) is 4.16. The van der Waals surface area contributed by atoms with Crippen LogP contribution >= 0.6 is 50.6 Å². The van der Waals surface area contributed by atoms with E-state index in [2.05, 4.69) is 21.2 Å². The predicted molar refractivity (Wildman–Crippen MR) is 145 cm³/mol. The average molecular weight is 575 g/mol. The molecule has 4 aromatic rings. The number of aryl methyl sites for hydroxylation is 3. The van der Waals surface area contributed by atoms with Gasteiger partial charge in [-0.2, -0.15) is 0 Å². The van der Waals surface area contributed by atoms with Crippen molar-refractivity contribution >= 4 is 72.4 Å². The van der Waals surface area contributed by atoms with Crippen molar-refractivity contribution in [3.8, 4) is 5.69 Å². The number of thioether (sulfide) groups is 1. The van der Waals surface area contributed by atoms with Crippen LogP contribution in [0.3, 0.4) is 0 Å². The first-order chi connectivity index (χ1) is 16.4. The Bertz CT molecular complexity index is 1460. The van der Waals surface area contributed by atoms with Crippen molar-refractivity contribution in [2.45, 2.75) is 37.8 Å². The zero-order valence-corrected chi connectivity index (χ0v) is 22.3. The van der Waals surface area contributed by atoms with Crippen LogP contribution in [-0.4, -0.2) is 21.2 Å². The van der Waals surface area contributed by atoms with Crippen LogP contribution in [0.4, 0.5) is 5.69 Å². The van der Waals surface area contributed by atoms with Gasteiger partial charge in [0.15, 0.2) is 5.16 Å². The highest BCUT2D eigenvalue weighted by Crippen LogP contribution is 2.35. The molecule has 2 aromatic carbocycles. The third kappa shape index (κ3) is 4.69. The highest BCUT2D eigenvalue weighted by molar-refractivity contribution is 9.10. The number of benzene rings is 2. The first-order valence-corrected chi connectivity index (χ1v) is 13.9. The number of aromatic nitrogens is 2. The number of rotatable bonds is 5. The lowest BCUT2D eigenvalue weighted by Gasteiger charge is -2.14. The zero-order chi connectivity index (χ0) is 23.8.